The maximum absolute atomic E-state index is 6.15. The Hall–Kier alpha value is -1.65. The zero-order chi connectivity index (χ0) is 14.0. The Morgan fingerprint density at radius 2 is 2.05 bits per heavy atom. The minimum absolute atomic E-state index is 0.177. The van der Waals surface area contributed by atoms with Crippen LogP contribution in [0.5, 0.6) is 5.75 Å². The summed E-state index contributed by atoms with van der Waals surface area (Å²) < 4.78 is 5.82. The molecule has 0 bridgehead atoms. The smallest absolute Gasteiger partial charge is 0.138 e. The monoisotopic (exact) mass is 289 g/mol. The van der Waals surface area contributed by atoms with Gasteiger partial charge in [-0.3, -0.25) is 4.98 Å². The fourth-order valence-corrected chi connectivity index (χ4v) is 2.27. The summed E-state index contributed by atoms with van der Waals surface area (Å²) >= 11 is 6.15. The first-order chi connectivity index (χ1) is 9.72. The van der Waals surface area contributed by atoms with Gasteiger partial charge in [0.2, 0.25) is 0 Å². The lowest BCUT2D eigenvalue weighted by molar-refractivity contribution is 0.238. The Morgan fingerprint density at radius 1 is 1.30 bits per heavy atom. The molecule has 0 saturated heterocycles. The number of hydrogen-bond donors (Lipinski definition) is 1. The van der Waals surface area contributed by atoms with Crippen molar-refractivity contribution in [3.63, 3.8) is 0 Å². The van der Waals surface area contributed by atoms with Crippen molar-refractivity contribution in [3.8, 4) is 16.9 Å². The predicted molar refractivity (Wildman–Crippen MR) is 78.7 cm³/mol. The van der Waals surface area contributed by atoms with Crippen LogP contribution < -0.4 is 10.5 Å². The normalized spacial score (nSPS) is 15.9. The van der Waals surface area contributed by atoms with Gasteiger partial charge in [-0.05, 0) is 36.6 Å². The summed E-state index contributed by atoms with van der Waals surface area (Å²) in [6.45, 7) is 1.31. The largest absolute Gasteiger partial charge is 0.491 e. The minimum Gasteiger partial charge on any atom is -0.491 e. The molecule has 1 aliphatic rings. The van der Waals surface area contributed by atoms with Crippen LogP contribution in [-0.2, 0) is 0 Å². The van der Waals surface area contributed by atoms with Gasteiger partial charge in [-0.2, -0.15) is 0 Å². The molecule has 104 valence electrons. The molecule has 2 heterocycles. The van der Waals surface area contributed by atoms with Gasteiger partial charge in [-0.15, -0.1) is 0 Å². The van der Waals surface area contributed by atoms with Gasteiger partial charge in [-0.25, -0.2) is 4.98 Å². The number of halogens is 1. The second-order valence-electron chi connectivity index (χ2n) is 5.24. The zero-order valence-corrected chi connectivity index (χ0v) is 11.8. The lowest BCUT2D eigenvalue weighted by Crippen LogP contribution is -2.22. The maximum Gasteiger partial charge on any atom is 0.138 e. The van der Waals surface area contributed by atoms with Gasteiger partial charge in [0.1, 0.15) is 10.9 Å². The summed E-state index contributed by atoms with van der Waals surface area (Å²) in [5.74, 6) is 0.723. The topological polar surface area (TPSA) is 61.0 Å². The second kappa shape index (κ2) is 5.38. The van der Waals surface area contributed by atoms with Crippen LogP contribution in [0.3, 0.4) is 0 Å². The maximum atomic E-state index is 6.15. The van der Waals surface area contributed by atoms with Crippen LogP contribution in [0.1, 0.15) is 12.8 Å². The molecule has 2 aromatic rings. The van der Waals surface area contributed by atoms with E-state index in [2.05, 4.69) is 9.97 Å². The molecular formula is C15H16ClN3O. The van der Waals surface area contributed by atoms with E-state index in [9.17, 15) is 0 Å². The van der Waals surface area contributed by atoms with Crippen LogP contribution in [-0.4, -0.2) is 23.1 Å². The van der Waals surface area contributed by atoms with Gasteiger partial charge < -0.3 is 10.5 Å². The molecule has 5 heteroatoms. The van der Waals surface area contributed by atoms with Gasteiger partial charge in [0.25, 0.3) is 0 Å². The third-order valence-electron chi connectivity index (χ3n) is 3.74. The van der Waals surface area contributed by atoms with E-state index in [1.165, 1.54) is 0 Å². The highest BCUT2D eigenvalue weighted by molar-refractivity contribution is 6.32. The van der Waals surface area contributed by atoms with Gasteiger partial charge in [0.15, 0.2) is 0 Å². The standard InChI is InChI=1S/C15H16ClN3O/c16-14-13(11-1-5-18-6-2-11)7-12(8-19-14)20-10-15(9-17)3-4-15/h1-2,5-8H,3-4,9-10,17H2. The van der Waals surface area contributed by atoms with Crippen molar-refractivity contribution >= 4 is 11.6 Å². The van der Waals surface area contributed by atoms with Gasteiger partial charge >= 0.3 is 0 Å². The number of nitrogens with two attached hydrogens (primary N) is 1. The fraction of sp³-hybridized carbons (Fsp3) is 0.333. The third-order valence-corrected chi connectivity index (χ3v) is 4.04. The highest BCUT2D eigenvalue weighted by Gasteiger charge is 2.42. The average molecular weight is 290 g/mol. The Bertz CT molecular complexity index is 599. The van der Waals surface area contributed by atoms with E-state index in [1.54, 1.807) is 18.6 Å². The Labute approximate surface area is 123 Å². The van der Waals surface area contributed by atoms with E-state index in [-0.39, 0.29) is 5.41 Å². The van der Waals surface area contributed by atoms with E-state index in [4.69, 9.17) is 22.1 Å². The van der Waals surface area contributed by atoms with Crippen molar-refractivity contribution in [1.82, 2.24) is 9.97 Å². The zero-order valence-electron chi connectivity index (χ0n) is 11.1. The van der Waals surface area contributed by atoms with Gasteiger partial charge in [-0.1, -0.05) is 11.6 Å². The molecule has 0 spiro atoms. The summed E-state index contributed by atoms with van der Waals surface area (Å²) in [4.78, 5) is 8.19. The molecule has 1 saturated carbocycles. The van der Waals surface area contributed by atoms with Crippen molar-refractivity contribution in [2.45, 2.75) is 12.8 Å². The van der Waals surface area contributed by atoms with Crippen LogP contribution in [0.2, 0.25) is 5.15 Å². The number of aromatic nitrogens is 2. The average Bonchev–Trinajstić information content (AvgIpc) is 3.28. The molecule has 2 aromatic heterocycles. The van der Waals surface area contributed by atoms with Crippen molar-refractivity contribution < 1.29 is 4.74 Å². The molecule has 20 heavy (non-hydrogen) atoms. The van der Waals surface area contributed by atoms with Crippen molar-refractivity contribution in [3.05, 3.63) is 41.9 Å². The lowest BCUT2D eigenvalue weighted by atomic mass is 10.1. The SMILES string of the molecule is NCC1(COc2cnc(Cl)c(-c3ccncc3)c2)CC1. The molecule has 1 fully saturated rings. The van der Waals surface area contributed by atoms with E-state index >= 15 is 0 Å². The summed E-state index contributed by atoms with van der Waals surface area (Å²) in [6, 6.07) is 5.71. The Kier molecular flexibility index (Phi) is 3.59. The molecule has 0 atom stereocenters. The van der Waals surface area contributed by atoms with Crippen molar-refractivity contribution in [2.24, 2.45) is 11.1 Å². The minimum atomic E-state index is 0.177. The van der Waals surface area contributed by atoms with Crippen molar-refractivity contribution in [2.75, 3.05) is 13.2 Å². The molecule has 0 unspecified atom stereocenters. The Balaban J connectivity index is 1.80. The molecule has 1 aliphatic carbocycles. The Morgan fingerprint density at radius 3 is 2.70 bits per heavy atom. The molecule has 2 N–H and O–H groups in total. The number of pyridine rings is 2. The number of nitrogens with zero attached hydrogens (tertiary/aromatic N) is 2. The van der Waals surface area contributed by atoms with E-state index < -0.39 is 0 Å². The van der Waals surface area contributed by atoms with Gasteiger partial charge in [0.05, 0.1) is 12.8 Å². The quantitative estimate of drug-likeness (QED) is 0.860. The highest BCUT2D eigenvalue weighted by atomic mass is 35.5. The molecular weight excluding hydrogens is 274 g/mol. The summed E-state index contributed by atoms with van der Waals surface area (Å²) in [7, 11) is 0. The summed E-state index contributed by atoms with van der Waals surface area (Å²) in [5, 5.41) is 0.462. The molecule has 0 radical (unpaired) electrons. The van der Waals surface area contributed by atoms with Crippen LogP contribution >= 0.6 is 11.6 Å². The number of ether oxygens (including phenoxy) is 1. The molecule has 4 nitrogen and oxygen atoms in total. The van der Waals surface area contributed by atoms with Crippen LogP contribution in [0.25, 0.3) is 11.1 Å². The molecule has 0 aromatic carbocycles. The van der Waals surface area contributed by atoms with Crippen LogP contribution in [0.15, 0.2) is 36.8 Å². The van der Waals surface area contributed by atoms with Gasteiger partial charge in [0, 0.05) is 29.9 Å². The van der Waals surface area contributed by atoms with E-state index in [0.717, 1.165) is 29.7 Å². The summed E-state index contributed by atoms with van der Waals surface area (Å²) in [5.41, 5.74) is 7.76. The highest BCUT2D eigenvalue weighted by Crippen LogP contribution is 2.44. The molecule has 0 aliphatic heterocycles. The predicted octanol–water partition coefficient (Wildman–Crippen LogP) is 2.91. The first-order valence-corrected chi connectivity index (χ1v) is 6.99. The first-order valence-electron chi connectivity index (χ1n) is 6.61. The number of hydrogen-bond acceptors (Lipinski definition) is 4. The first kappa shape index (κ1) is 13.3. The number of rotatable bonds is 5. The summed E-state index contributed by atoms with van der Waals surface area (Å²) in [6.07, 6.45) is 7.39. The molecule has 3 rings (SSSR count). The van der Waals surface area contributed by atoms with Crippen LogP contribution in [0.4, 0.5) is 0 Å². The van der Waals surface area contributed by atoms with E-state index in [0.29, 0.717) is 18.3 Å². The fourth-order valence-electron chi connectivity index (χ4n) is 2.06. The lowest BCUT2D eigenvalue weighted by Gasteiger charge is -2.14. The van der Waals surface area contributed by atoms with Crippen molar-refractivity contribution in [1.29, 1.82) is 0 Å². The second-order valence-corrected chi connectivity index (χ2v) is 5.60. The third kappa shape index (κ3) is 2.76. The van der Waals surface area contributed by atoms with Crippen LogP contribution in [0, 0.1) is 5.41 Å². The molecule has 0 amide bonds. The van der Waals surface area contributed by atoms with E-state index in [1.807, 2.05) is 18.2 Å².